The van der Waals surface area contributed by atoms with Crippen LogP contribution in [0.2, 0.25) is 0 Å². The van der Waals surface area contributed by atoms with Crippen LogP contribution in [0.1, 0.15) is 0 Å². The number of benzene rings is 9. The van der Waals surface area contributed by atoms with E-state index in [0.29, 0.717) is 0 Å². The molecule has 0 unspecified atom stereocenters. The molecule has 0 amide bonds. The quantitative estimate of drug-likeness (QED) is 0.164. The molecule has 9 aromatic carbocycles. The fraction of sp³-hybridized carbons (Fsp3) is 0. The monoisotopic (exact) mass is 668 g/mol. The van der Waals surface area contributed by atoms with Gasteiger partial charge in [0.25, 0.3) is 0 Å². The third-order valence-corrected chi connectivity index (χ3v) is 12.7. The van der Waals surface area contributed by atoms with E-state index in [9.17, 15) is 0 Å². The number of thiophene rings is 2. The highest BCUT2D eigenvalue weighted by molar-refractivity contribution is 7.27. The van der Waals surface area contributed by atoms with Gasteiger partial charge in [-0.25, -0.2) is 0 Å². The molecule has 0 bridgehead atoms. The molecule has 0 nitrogen and oxygen atoms in total. The van der Waals surface area contributed by atoms with Gasteiger partial charge in [0.1, 0.15) is 0 Å². The molecule has 0 saturated carbocycles. The number of hydrogen-bond acceptors (Lipinski definition) is 2. The highest BCUT2D eigenvalue weighted by Crippen LogP contribution is 2.47. The van der Waals surface area contributed by atoms with Crippen molar-refractivity contribution in [3.05, 3.63) is 170 Å². The normalized spacial score (nSPS) is 12.0. The van der Waals surface area contributed by atoms with Gasteiger partial charge in [0.05, 0.1) is 0 Å². The average Bonchev–Trinajstić information content (AvgIpc) is 3.75. The van der Waals surface area contributed by atoms with Crippen LogP contribution in [0.3, 0.4) is 0 Å². The van der Waals surface area contributed by atoms with Gasteiger partial charge in [-0.2, -0.15) is 0 Å². The zero-order chi connectivity index (χ0) is 32.8. The summed E-state index contributed by atoms with van der Waals surface area (Å²) in [6, 6.07) is 62.9. The summed E-state index contributed by atoms with van der Waals surface area (Å²) in [6.45, 7) is 0. The van der Waals surface area contributed by atoms with Crippen molar-refractivity contribution in [2.24, 2.45) is 0 Å². The van der Waals surface area contributed by atoms with Crippen LogP contribution in [0.15, 0.2) is 170 Å². The molecule has 0 N–H and O–H groups in total. The Balaban J connectivity index is 1.07. The van der Waals surface area contributed by atoms with E-state index in [2.05, 4.69) is 170 Å². The molecule has 0 aliphatic rings. The van der Waals surface area contributed by atoms with Crippen molar-refractivity contribution < 1.29 is 0 Å². The minimum Gasteiger partial charge on any atom is -0.135 e. The van der Waals surface area contributed by atoms with Crippen molar-refractivity contribution in [3.8, 4) is 33.4 Å². The van der Waals surface area contributed by atoms with E-state index < -0.39 is 0 Å². The van der Waals surface area contributed by atoms with Crippen LogP contribution in [0.4, 0.5) is 0 Å². The van der Waals surface area contributed by atoms with E-state index in [4.69, 9.17) is 0 Å². The molecule has 2 aromatic heterocycles. The summed E-state index contributed by atoms with van der Waals surface area (Å²) in [7, 11) is 0. The van der Waals surface area contributed by atoms with Crippen molar-refractivity contribution in [1.29, 1.82) is 0 Å². The van der Waals surface area contributed by atoms with Gasteiger partial charge in [-0.15, -0.1) is 22.7 Å². The van der Waals surface area contributed by atoms with Crippen molar-refractivity contribution in [2.45, 2.75) is 0 Å². The highest BCUT2D eigenvalue weighted by atomic mass is 32.1. The van der Waals surface area contributed by atoms with Crippen LogP contribution in [0.5, 0.6) is 0 Å². The lowest BCUT2D eigenvalue weighted by Gasteiger charge is -2.18. The Kier molecular flexibility index (Phi) is 6.09. The second-order valence-corrected chi connectivity index (χ2v) is 15.3. The summed E-state index contributed by atoms with van der Waals surface area (Å²) in [5.41, 5.74) is 7.57. The van der Waals surface area contributed by atoms with Crippen LogP contribution >= 0.6 is 22.7 Å². The van der Waals surface area contributed by atoms with E-state index in [-0.39, 0.29) is 0 Å². The Bertz CT molecular complexity index is 3070. The van der Waals surface area contributed by atoms with Gasteiger partial charge in [-0.05, 0) is 84.6 Å². The molecule has 11 aromatic rings. The smallest absolute Gasteiger partial charge is 0.0362 e. The van der Waals surface area contributed by atoms with Crippen molar-refractivity contribution in [1.82, 2.24) is 0 Å². The second kappa shape index (κ2) is 10.9. The largest absolute Gasteiger partial charge is 0.135 e. The maximum Gasteiger partial charge on any atom is 0.0362 e. The maximum atomic E-state index is 2.39. The van der Waals surface area contributed by atoms with E-state index in [1.165, 1.54) is 106 Å². The van der Waals surface area contributed by atoms with Gasteiger partial charge in [-0.3, -0.25) is 0 Å². The SMILES string of the molecule is c1ccc(-c2c3ccccc3c(-c3ccc(-c4ccc5c(c4)sc4ccc6ccc7sc8ccccc8c7c6c45)cc3)c3ccccc23)cc1. The molecular weight excluding hydrogens is 641 g/mol. The number of fused-ring (bicyclic) bond motifs is 11. The minimum absolute atomic E-state index is 1.23. The Labute approximate surface area is 297 Å². The van der Waals surface area contributed by atoms with Crippen LogP contribution in [-0.2, 0) is 0 Å². The standard InChI is InChI=1S/C48H28S2/c1-2-10-30(11-3-1)44-34-12-4-6-14-36(34)45(37-15-7-5-13-35(37)44)31-20-18-29(19-21-31)33-22-25-39-43(28-33)50-42-27-24-32-23-26-41-47(46(32)48(39)42)38-16-8-9-17-40(38)49-41/h1-28H. The zero-order valence-corrected chi connectivity index (χ0v) is 28.6. The fourth-order valence-corrected chi connectivity index (χ4v) is 10.5. The second-order valence-electron chi connectivity index (χ2n) is 13.2. The third-order valence-electron chi connectivity index (χ3n) is 10.5. The molecule has 0 fully saturated rings. The van der Waals surface area contributed by atoms with Gasteiger partial charge in [0.15, 0.2) is 0 Å². The van der Waals surface area contributed by atoms with Crippen LogP contribution in [0, 0.1) is 0 Å². The van der Waals surface area contributed by atoms with Gasteiger partial charge < -0.3 is 0 Å². The van der Waals surface area contributed by atoms with E-state index in [0.717, 1.165) is 0 Å². The van der Waals surface area contributed by atoms with Gasteiger partial charge in [0, 0.05) is 45.7 Å². The summed E-state index contributed by atoms with van der Waals surface area (Å²) in [6.07, 6.45) is 0. The Hall–Kier alpha value is -5.80. The Morgan fingerprint density at radius 1 is 0.260 bits per heavy atom. The molecule has 11 rings (SSSR count). The fourth-order valence-electron chi connectivity index (χ4n) is 8.26. The molecule has 0 radical (unpaired) electrons. The lowest BCUT2D eigenvalue weighted by molar-refractivity contribution is 1.63. The Morgan fingerprint density at radius 3 is 1.34 bits per heavy atom. The van der Waals surface area contributed by atoms with Crippen molar-refractivity contribution in [2.75, 3.05) is 0 Å². The summed E-state index contributed by atoms with van der Waals surface area (Å²) in [4.78, 5) is 0. The van der Waals surface area contributed by atoms with Gasteiger partial charge >= 0.3 is 0 Å². The molecule has 232 valence electrons. The first-order valence-electron chi connectivity index (χ1n) is 17.1. The van der Waals surface area contributed by atoms with E-state index >= 15 is 0 Å². The summed E-state index contributed by atoms with van der Waals surface area (Å²) >= 11 is 3.80. The first-order chi connectivity index (χ1) is 24.8. The topological polar surface area (TPSA) is 0 Å². The average molecular weight is 669 g/mol. The van der Waals surface area contributed by atoms with Crippen LogP contribution < -0.4 is 0 Å². The predicted octanol–water partition coefficient (Wildman–Crippen LogP) is 14.9. The first-order valence-corrected chi connectivity index (χ1v) is 18.7. The van der Waals surface area contributed by atoms with E-state index in [1.54, 1.807) is 0 Å². The molecule has 0 aliphatic carbocycles. The molecule has 2 heterocycles. The molecule has 0 aliphatic heterocycles. The zero-order valence-electron chi connectivity index (χ0n) is 27.0. The molecule has 2 heteroatoms. The molecule has 0 saturated heterocycles. The number of hydrogen-bond donors (Lipinski definition) is 0. The highest BCUT2D eigenvalue weighted by Gasteiger charge is 2.18. The van der Waals surface area contributed by atoms with Gasteiger partial charge in [-0.1, -0.05) is 146 Å². The maximum absolute atomic E-state index is 2.39. The summed E-state index contributed by atoms with van der Waals surface area (Å²) < 4.78 is 5.39. The summed E-state index contributed by atoms with van der Waals surface area (Å²) in [5, 5.41) is 13.3. The molecular formula is C48H28S2. The molecule has 50 heavy (non-hydrogen) atoms. The van der Waals surface area contributed by atoms with Crippen molar-refractivity contribution >= 4 is 95.3 Å². The minimum atomic E-state index is 1.23. The first kappa shape index (κ1) is 28.1. The van der Waals surface area contributed by atoms with Crippen LogP contribution in [-0.4, -0.2) is 0 Å². The van der Waals surface area contributed by atoms with Crippen LogP contribution in [0.25, 0.3) is 106 Å². The lowest BCUT2D eigenvalue weighted by Crippen LogP contribution is -1.90. The number of rotatable bonds is 3. The van der Waals surface area contributed by atoms with Gasteiger partial charge in [0.2, 0.25) is 0 Å². The van der Waals surface area contributed by atoms with E-state index in [1.807, 2.05) is 22.7 Å². The van der Waals surface area contributed by atoms with Crippen molar-refractivity contribution in [3.63, 3.8) is 0 Å². The third kappa shape index (κ3) is 4.10. The Morgan fingerprint density at radius 2 is 0.720 bits per heavy atom. The summed E-state index contributed by atoms with van der Waals surface area (Å²) in [5.74, 6) is 0. The lowest BCUT2D eigenvalue weighted by atomic mass is 9.86. The molecule has 0 spiro atoms. The molecule has 0 atom stereocenters. The predicted molar refractivity (Wildman–Crippen MR) is 221 cm³/mol.